The van der Waals surface area contributed by atoms with Gasteiger partial charge in [0.05, 0.1) is 5.69 Å². The number of nitrogen functional groups attached to an aromatic ring is 1. The van der Waals surface area contributed by atoms with Crippen LogP contribution in [-0.2, 0) is 12.8 Å². The number of anilines is 1. The molecule has 0 spiro atoms. The lowest BCUT2D eigenvalue weighted by molar-refractivity contribution is 0.445. The molecule has 6 heteroatoms. The van der Waals surface area contributed by atoms with Crippen molar-refractivity contribution in [2.45, 2.75) is 19.8 Å². The van der Waals surface area contributed by atoms with Gasteiger partial charge in [-0.05, 0) is 24.1 Å². The summed E-state index contributed by atoms with van der Waals surface area (Å²) in [7, 11) is 0. The predicted molar refractivity (Wildman–Crippen MR) is 65.0 cm³/mol. The normalized spacial score (nSPS) is 10.9. The first-order chi connectivity index (χ1) is 8.51. The maximum atomic E-state index is 13.1. The molecule has 0 atom stereocenters. The van der Waals surface area contributed by atoms with Gasteiger partial charge in [0, 0.05) is 11.3 Å². The highest BCUT2D eigenvalue weighted by Crippen LogP contribution is 2.25. The topological polar surface area (TPSA) is 38.9 Å². The zero-order valence-electron chi connectivity index (χ0n) is 9.64. The van der Waals surface area contributed by atoms with Crippen LogP contribution in [0, 0.1) is 17.5 Å². The number of nitrogens with zero attached hydrogens (tertiary/aromatic N) is 1. The summed E-state index contributed by atoms with van der Waals surface area (Å²) in [6.07, 6.45) is 0.987. The molecule has 0 aliphatic rings. The quantitative estimate of drug-likeness (QED) is 0.871. The van der Waals surface area contributed by atoms with Gasteiger partial charge in [-0.15, -0.1) is 11.3 Å². The Morgan fingerprint density at radius 1 is 1.22 bits per heavy atom. The van der Waals surface area contributed by atoms with Crippen LogP contribution in [-0.4, -0.2) is 4.98 Å². The second-order valence-electron chi connectivity index (χ2n) is 3.83. The molecule has 2 nitrogen and oxygen atoms in total. The van der Waals surface area contributed by atoms with Crippen molar-refractivity contribution in [2.24, 2.45) is 0 Å². The number of halogens is 3. The van der Waals surface area contributed by atoms with Gasteiger partial charge < -0.3 is 5.73 Å². The minimum Gasteiger partial charge on any atom is -0.375 e. The Bertz CT molecular complexity index is 558. The van der Waals surface area contributed by atoms with Gasteiger partial charge in [-0.25, -0.2) is 18.2 Å². The molecule has 0 unspecified atom stereocenters. The van der Waals surface area contributed by atoms with Crippen molar-refractivity contribution in [1.29, 1.82) is 0 Å². The Hall–Kier alpha value is -1.56. The number of hydrogen-bond acceptors (Lipinski definition) is 3. The van der Waals surface area contributed by atoms with Gasteiger partial charge in [0.2, 0.25) is 0 Å². The van der Waals surface area contributed by atoms with Crippen LogP contribution >= 0.6 is 11.3 Å². The summed E-state index contributed by atoms with van der Waals surface area (Å²) >= 11 is 1.28. The lowest BCUT2D eigenvalue weighted by atomic mass is 10.1. The van der Waals surface area contributed by atoms with E-state index >= 15 is 0 Å². The lowest BCUT2D eigenvalue weighted by Gasteiger charge is -2.03. The fraction of sp³-hybridized carbons (Fsp3) is 0.250. The lowest BCUT2D eigenvalue weighted by Crippen LogP contribution is -1.96. The van der Waals surface area contributed by atoms with Crippen molar-refractivity contribution in [3.05, 3.63) is 45.7 Å². The molecule has 0 bridgehead atoms. The van der Waals surface area contributed by atoms with Crippen LogP contribution in [0.1, 0.15) is 23.1 Å². The van der Waals surface area contributed by atoms with E-state index in [-0.39, 0.29) is 0 Å². The Labute approximate surface area is 106 Å². The van der Waals surface area contributed by atoms with Crippen LogP contribution < -0.4 is 5.73 Å². The van der Waals surface area contributed by atoms with E-state index < -0.39 is 17.5 Å². The van der Waals surface area contributed by atoms with Gasteiger partial charge in [0.1, 0.15) is 0 Å². The molecule has 0 saturated heterocycles. The molecular formula is C12H11F3N2S. The number of thiazole rings is 1. The third-order valence-corrected chi connectivity index (χ3v) is 3.46. The van der Waals surface area contributed by atoms with Crippen LogP contribution in [0.2, 0.25) is 0 Å². The number of benzene rings is 1. The monoisotopic (exact) mass is 272 g/mol. The molecule has 0 amide bonds. The summed E-state index contributed by atoms with van der Waals surface area (Å²) in [5.41, 5.74) is 6.77. The van der Waals surface area contributed by atoms with E-state index in [1.807, 2.05) is 6.92 Å². The second kappa shape index (κ2) is 4.97. The molecule has 0 saturated carbocycles. The van der Waals surface area contributed by atoms with Crippen molar-refractivity contribution in [3.8, 4) is 0 Å². The molecule has 2 N–H and O–H groups in total. The van der Waals surface area contributed by atoms with E-state index in [1.54, 1.807) is 0 Å². The fourth-order valence-corrected chi connectivity index (χ4v) is 2.67. The van der Waals surface area contributed by atoms with Crippen molar-refractivity contribution in [1.82, 2.24) is 4.98 Å². The third kappa shape index (κ3) is 2.48. The van der Waals surface area contributed by atoms with E-state index in [2.05, 4.69) is 4.98 Å². The number of hydrogen-bond donors (Lipinski definition) is 1. The van der Waals surface area contributed by atoms with Crippen molar-refractivity contribution >= 4 is 16.5 Å². The zero-order chi connectivity index (χ0) is 13.3. The first kappa shape index (κ1) is 12.9. The molecule has 1 aromatic carbocycles. The standard InChI is InChI=1S/C12H11F3N2S/c1-2-9-10(18-12(16)17-9)5-6-3-7(13)11(15)8(14)4-6/h3-4H,2,5H2,1H3,(H2,16,17). The third-order valence-electron chi connectivity index (χ3n) is 2.54. The van der Waals surface area contributed by atoms with E-state index in [0.29, 0.717) is 23.5 Å². The Balaban J connectivity index is 2.34. The highest BCUT2D eigenvalue weighted by atomic mass is 32.1. The van der Waals surface area contributed by atoms with Crippen LogP contribution in [0.15, 0.2) is 12.1 Å². The minimum absolute atomic E-state index is 0.298. The molecule has 0 aliphatic heterocycles. The second-order valence-corrected chi connectivity index (χ2v) is 4.94. The number of rotatable bonds is 3. The van der Waals surface area contributed by atoms with E-state index in [0.717, 1.165) is 22.7 Å². The van der Waals surface area contributed by atoms with Gasteiger partial charge in [0.15, 0.2) is 22.6 Å². The fourth-order valence-electron chi connectivity index (χ4n) is 1.71. The minimum atomic E-state index is -1.45. The summed E-state index contributed by atoms with van der Waals surface area (Å²) in [6, 6.07) is 1.99. The SMILES string of the molecule is CCc1nc(N)sc1Cc1cc(F)c(F)c(F)c1. The Morgan fingerprint density at radius 3 is 2.39 bits per heavy atom. The van der Waals surface area contributed by atoms with Crippen molar-refractivity contribution < 1.29 is 13.2 Å². The molecule has 0 fully saturated rings. The van der Waals surface area contributed by atoms with Crippen molar-refractivity contribution in [2.75, 3.05) is 5.73 Å². The summed E-state index contributed by atoms with van der Waals surface area (Å²) in [5, 5.41) is 0.421. The molecule has 96 valence electrons. The molecule has 0 radical (unpaired) electrons. The van der Waals surface area contributed by atoms with Gasteiger partial charge in [-0.2, -0.15) is 0 Å². The average molecular weight is 272 g/mol. The first-order valence-corrected chi connectivity index (χ1v) is 6.20. The van der Waals surface area contributed by atoms with Gasteiger partial charge in [-0.3, -0.25) is 0 Å². The molecule has 18 heavy (non-hydrogen) atoms. The summed E-state index contributed by atoms with van der Waals surface area (Å²) < 4.78 is 39.0. The van der Waals surface area contributed by atoms with Gasteiger partial charge in [0.25, 0.3) is 0 Å². The zero-order valence-corrected chi connectivity index (χ0v) is 10.5. The smallest absolute Gasteiger partial charge is 0.194 e. The summed E-state index contributed by atoms with van der Waals surface area (Å²) in [4.78, 5) is 4.97. The summed E-state index contributed by atoms with van der Waals surface area (Å²) in [5.74, 6) is -3.81. The van der Waals surface area contributed by atoms with Crippen LogP contribution in [0.4, 0.5) is 18.3 Å². The molecule has 1 aromatic heterocycles. The Kier molecular flexibility index (Phi) is 3.56. The maximum Gasteiger partial charge on any atom is 0.194 e. The highest BCUT2D eigenvalue weighted by molar-refractivity contribution is 7.15. The van der Waals surface area contributed by atoms with Gasteiger partial charge >= 0.3 is 0 Å². The largest absolute Gasteiger partial charge is 0.375 e. The van der Waals surface area contributed by atoms with Crippen LogP contribution in [0.5, 0.6) is 0 Å². The number of aryl methyl sites for hydroxylation is 1. The number of nitrogens with two attached hydrogens (primary N) is 1. The van der Waals surface area contributed by atoms with E-state index in [9.17, 15) is 13.2 Å². The molecular weight excluding hydrogens is 261 g/mol. The van der Waals surface area contributed by atoms with E-state index in [4.69, 9.17) is 5.73 Å². The van der Waals surface area contributed by atoms with Crippen LogP contribution in [0.3, 0.4) is 0 Å². The Morgan fingerprint density at radius 2 is 1.83 bits per heavy atom. The molecule has 0 aliphatic carbocycles. The number of aromatic nitrogens is 1. The molecule has 1 heterocycles. The predicted octanol–water partition coefficient (Wildman–Crippen LogP) is 3.30. The summed E-state index contributed by atoms with van der Waals surface area (Å²) in [6.45, 7) is 1.92. The highest BCUT2D eigenvalue weighted by Gasteiger charge is 2.13. The molecule has 2 rings (SSSR count). The molecule has 2 aromatic rings. The van der Waals surface area contributed by atoms with E-state index in [1.165, 1.54) is 11.3 Å². The van der Waals surface area contributed by atoms with Crippen molar-refractivity contribution in [3.63, 3.8) is 0 Å². The maximum absolute atomic E-state index is 13.1. The van der Waals surface area contributed by atoms with Gasteiger partial charge in [-0.1, -0.05) is 6.92 Å². The average Bonchev–Trinajstić information content (AvgIpc) is 2.66. The first-order valence-electron chi connectivity index (χ1n) is 5.38. The van der Waals surface area contributed by atoms with Crippen LogP contribution in [0.25, 0.3) is 0 Å².